The standard InChI is InChI=1S/C10H16N4/c11-6-7-3-4-14-9(5-7)12-10(13-14)8-1-2-8/h7-8H,1-6,11H2. The van der Waals surface area contributed by atoms with Crippen LogP contribution in [0.1, 0.15) is 36.8 Å². The third kappa shape index (κ3) is 1.34. The lowest BCUT2D eigenvalue weighted by atomic mass is 9.98. The third-order valence-corrected chi connectivity index (χ3v) is 3.26. The van der Waals surface area contributed by atoms with Gasteiger partial charge in [-0.1, -0.05) is 0 Å². The van der Waals surface area contributed by atoms with Gasteiger partial charge >= 0.3 is 0 Å². The summed E-state index contributed by atoms with van der Waals surface area (Å²) in [5.41, 5.74) is 5.68. The molecule has 1 aromatic heterocycles. The Kier molecular flexibility index (Phi) is 1.83. The molecule has 14 heavy (non-hydrogen) atoms. The zero-order valence-electron chi connectivity index (χ0n) is 8.32. The van der Waals surface area contributed by atoms with Crippen LogP contribution in [0.15, 0.2) is 0 Å². The van der Waals surface area contributed by atoms with E-state index >= 15 is 0 Å². The predicted octanol–water partition coefficient (Wildman–Crippen LogP) is 0.677. The van der Waals surface area contributed by atoms with Gasteiger partial charge in [0.25, 0.3) is 0 Å². The second kappa shape index (κ2) is 3.05. The molecule has 76 valence electrons. The average Bonchev–Trinajstić information content (AvgIpc) is 2.97. The fraction of sp³-hybridized carbons (Fsp3) is 0.800. The highest BCUT2D eigenvalue weighted by molar-refractivity contribution is 5.07. The lowest BCUT2D eigenvalue weighted by Crippen LogP contribution is -2.26. The van der Waals surface area contributed by atoms with Crippen LogP contribution in [0.25, 0.3) is 0 Å². The summed E-state index contributed by atoms with van der Waals surface area (Å²) in [6.07, 6.45) is 4.75. The molecule has 2 heterocycles. The third-order valence-electron chi connectivity index (χ3n) is 3.26. The van der Waals surface area contributed by atoms with Crippen LogP contribution in [0.5, 0.6) is 0 Å². The molecule has 1 saturated carbocycles. The van der Waals surface area contributed by atoms with E-state index in [0.29, 0.717) is 11.8 Å². The van der Waals surface area contributed by atoms with Crippen LogP contribution in [0.2, 0.25) is 0 Å². The van der Waals surface area contributed by atoms with E-state index in [0.717, 1.165) is 37.6 Å². The molecule has 1 aliphatic heterocycles. The van der Waals surface area contributed by atoms with Gasteiger partial charge in [-0.05, 0) is 31.7 Å². The molecule has 0 aromatic carbocycles. The largest absolute Gasteiger partial charge is 0.330 e. The van der Waals surface area contributed by atoms with Gasteiger partial charge in [0.1, 0.15) is 5.82 Å². The number of hydrogen-bond acceptors (Lipinski definition) is 3. The monoisotopic (exact) mass is 192 g/mol. The Labute approximate surface area is 83.5 Å². The summed E-state index contributed by atoms with van der Waals surface area (Å²) < 4.78 is 2.08. The smallest absolute Gasteiger partial charge is 0.154 e. The van der Waals surface area contributed by atoms with E-state index in [1.807, 2.05) is 0 Å². The molecule has 4 heteroatoms. The van der Waals surface area contributed by atoms with Crippen LogP contribution in [0.4, 0.5) is 0 Å². The molecular formula is C10H16N4. The first-order valence-electron chi connectivity index (χ1n) is 5.50. The molecule has 1 aromatic rings. The normalized spacial score (nSPS) is 26.2. The quantitative estimate of drug-likeness (QED) is 0.749. The van der Waals surface area contributed by atoms with Gasteiger partial charge in [-0.2, -0.15) is 5.10 Å². The van der Waals surface area contributed by atoms with Crippen molar-refractivity contribution < 1.29 is 0 Å². The van der Waals surface area contributed by atoms with Crippen molar-refractivity contribution >= 4 is 0 Å². The number of nitrogens with zero attached hydrogens (tertiary/aromatic N) is 3. The van der Waals surface area contributed by atoms with Crippen molar-refractivity contribution in [3.8, 4) is 0 Å². The van der Waals surface area contributed by atoms with Crippen molar-refractivity contribution in [1.82, 2.24) is 14.8 Å². The van der Waals surface area contributed by atoms with Crippen molar-refractivity contribution in [3.63, 3.8) is 0 Å². The molecule has 3 rings (SSSR count). The second-order valence-corrected chi connectivity index (χ2v) is 4.48. The minimum atomic E-state index is 0.624. The van der Waals surface area contributed by atoms with Crippen molar-refractivity contribution in [2.24, 2.45) is 11.7 Å². The van der Waals surface area contributed by atoms with Crippen LogP contribution >= 0.6 is 0 Å². The summed E-state index contributed by atoms with van der Waals surface area (Å²) >= 11 is 0. The van der Waals surface area contributed by atoms with Crippen LogP contribution in [0.3, 0.4) is 0 Å². The zero-order valence-corrected chi connectivity index (χ0v) is 8.32. The fourth-order valence-electron chi connectivity index (χ4n) is 2.10. The van der Waals surface area contributed by atoms with Gasteiger partial charge in [0.2, 0.25) is 0 Å². The van der Waals surface area contributed by atoms with Crippen molar-refractivity contribution in [1.29, 1.82) is 0 Å². The first kappa shape index (κ1) is 8.41. The molecule has 1 aliphatic carbocycles. The molecule has 0 spiro atoms. The summed E-state index contributed by atoms with van der Waals surface area (Å²) in [6, 6.07) is 0. The maximum absolute atomic E-state index is 5.68. The van der Waals surface area contributed by atoms with Crippen LogP contribution in [-0.4, -0.2) is 21.3 Å². The lowest BCUT2D eigenvalue weighted by Gasteiger charge is -2.19. The van der Waals surface area contributed by atoms with Gasteiger partial charge < -0.3 is 5.73 Å². The Hall–Kier alpha value is -0.900. The highest BCUT2D eigenvalue weighted by Gasteiger charge is 2.30. The Bertz CT molecular complexity index is 340. The second-order valence-electron chi connectivity index (χ2n) is 4.48. The maximum atomic E-state index is 5.68. The van der Waals surface area contributed by atoms with E-state index in [9.17, 15) is 0 Å². The predicted molar refractivity (Wildman–Crippen MR) is 52.9 cm³/mol. The molecule has 0 amide bonds. The van der Waals surface area contributed by atoms with Gasteiger partial charge in [-0.3, -0.25) is 0 Å². The highest BCUT2D eigenvalue weighted by atomic mass is 15.4. The molecular weight excluding hydrogens is 176 g/mol. The van der Waals surface area contributed by atoms with Crippen LogP contribution in [-0.2, 0) is 13.0 Å². The molecule has 2 aliphatic rings. The molecule has 2 N–H and O–H groups in total. The number of fused-ring (bicyclic) bond motifs is 1. The van der Waals surface area contributed by atoms with Gasteiger partial charge in [-0.15, -0.1) is 0 Å². The zero-order chi connectivity index (χ0) is 9.54. The Morgan fingerprint density at radius 3 is 2.93 bits per heavy atom. The fourth-order valence-corrected chi connectivity index (χ4v) is 2.10. The van der Waals surface area contributed by atoms with E-state index in [1.165, 1.54) is 12.8 Å². The molecule has 0 saturated heterocycles. The van der Waals surface area contributed by atoms with E-state index in [2.05, 4.69) is 14.8 Å². The Morgan fingerprint density at radius 1 is 1.36 bits per heavy atom. The molecule has 0 bridgehead atoms. The van der Waals surface area contributed by atoms with Crippen molar-refractivity contribution in [2.75, 3.05) is 6.54 Å². The van der Waals surface area contributed by atoms with E-state index in [4.69, 9.17) is 5.73 Å². The van der Waals surface area contributed by atoms with Gasteiger partial charge in [0.15, 0.2) is 5.82 Å². The number of aromatic nitrogens is 3. The number of rotatable bonds is 2. The summed E-state index contributed by atoms with van der Waals surface area (Å²) in [7, 11) is 0. The maximum Gasteiger partial charge on any atom is 0.154 e. The minimum Gasteiger partial charge on any atom is -0.330 e. The molecule has 4 nitrogen and oxygen atoms in total. The number of nitrogens with two attached hydrogens (primary N) is 1. The SMILES string of the molecule is NCC1CCn2nc(C3CC3)nc2C1. The van der Waals surface area contributed by atoms with E-state index in [-0.39, 0.29) is 0 Å². The summed E-state index contributed by atoms with van der Waals surface area (Å²) in [6.45, 7) is 1.79. The van der Waals surface area contributed by atoms with Crippen LogP contribution in [0, 0.1) is 5.92 Å². The summed E-state index contributed by atoms with van der Waals surface area (Å²) in [5.74, 6) is 3.54. The molecule has 1 fully saturated rings. The molecule has 1 atom stereocenters. The first-order chi connectivity index (χ1) is 6.86. The first-order valence-corrected chi connectivity index (χ1v) is 5.50. The minimum absolute atomic E-state index is 0.624. The van der Waals surface area contributed by atoms with Crippen molar-refractivity contribution in [2.45, 2.75) is 38.1 Å². The average molecular weight is 192 g/mol. The lowest BCUT2D eigenvalue weighted by molar-refractivity contribution is 0.369. The number of aryl methyl sites for hydroxylation is 1. The van der Waals surface area contributed by atoms with Crippen molar-refractivity contribution in [3.05, 3.63) is 11.6 Å². The van der Waals surface area contributed by atoms with Gasteiger partial charge in [-0.25, -0.2) is 9.67 Å². The van der Waals surface area contributed by atoms with Gasteiger partial charge in [0.05, 0.1) is 0 Å². The Balaban J connectivity index is 1.85. The topological polar surface area (TPSA) is 56.7 Å². The number of hydrogen-bond donors (Lipinski definition) is 1. The highest BCUT2D eigenvalue weighted by Crippen LogP contribution is 2.38. The summed E-state index contributed by atoms with van der Waals surface area (Å²) in [4.78, 5) is 4.61. The summed E-state index contributed by atoms with van der Waals surface area (Å²) in [5, 5.41) is 4.55. The van der Waals surface area contributed by atoms with E-state index in [1.54, 1.807) is 0 Å². The van der Waals surface area contributed by atoms with E-state index < -0.39 is 0 Å². The van der Waals surface area contributed by atoms with Gasteiger partial charge in [0, 0.05) is 18.9 Å². The molecule has 1 unspecified atom stereocenters. The Morgan fingerprint density at radius 2 is 2.21 bits per heavy atom. The van der Waals surface area contributed by atoms with Crippen LogP contribution < -0.4 is 5.73 Å². The molecule has 0 radical (unpaired) electrons.